The maximum atomic E-state index is 13.0. The minimum absolute atomic E-state index is 0.0779. The molecule has 0 saturated carbocycles. The van der Waals surface area contributed by atoms with Gasteiger partial charge in [-0.3, -0.25) is 0 Å². The fourth-order valence-corrected chi connectivity index (χ4v) is 7.10. The van der Waals surface area contributed by atoms with Crippen LogP contribution in [0.5, 0.6) is 0 Å². The van der Waals surface area contributed by atoms with Crippen molar-refractivity contribution in [1.82, 2.24) is 0 Å². The Hall–Kier alpha value is -4.08. The summed E-state index contributed by atoms with van der Waals surface area (Å²) in [6.07, 6.45) is 0. The second kappa shape index (κ2) is 11.7. The van der Waals surface area contributed by atoms with E-state index in [2.05, 4.69) is 31.9 Å². The van der Waals surface area contributed by atoms with Crippen molar-refractivity contribution in [3.05, 3.63) is 175 Å². The number of benzene rings is 5. The average Bonchev–Trinajstić information content (AvgIpc) is 3.02. The van der Waals surface area contributed by atoms with Gasteiger partial charge in [-0.25, -0.2) is 9.59 Å². The Morgan fingerprint density at radius 1 is 0.452 bits per heavy atom. The van der Waals surface area contributed by atoms with E-state index in [-0.39, 0.29) is 20.1 Å². The topological polar surface area (TPSA) is 115 Å². The fraction of sp³-hybridized carbons (Fsp3) is 0.0588. The van der Waals surface area contributed by atoms with Gasteiger partial charge in [0.2, 0.25) is 0 Å². The summed E-state index contributed by atoms with van der Waals surface area (Å²) in [6, 6.07) is 34.0. The second-order valence-electron chi connectivity index (χ2n) is 9.62. The SMILES string of the molecule is O=C(O)c1c(Br)c(C(=O)O)c(C(O)(c2ccccc2)c2ccccc2)c(Br)c1C(O)(c1ccccc1)c1ccccc1. The van der Waals surface area contributed by atoms with Gasteiger partial charge in [0.1, 0.15) is 11.2 Å². The Balaban J connectivity index is 2.05. The highest BCUT2D eigenvalue weighted by molar-refractivity contribution is 9.11. The largest absolute Gasteiger partial charge is 0.478 e. The molecule has 0 spiro atoms. The summed E-state index contributed by atoms with van der Waals surface area (Å²) in [5.74, 6) is -2.94. The second-order valence-corrected chi connectivity index (χ2v) is 11.2. The van der Waals surface area contributed by atoms with Crippen molar-refractivity contribution in [3.63, 3.8) is 0 Å². The van der Waals surface area contributed by atoms with Crippen LogP contribution in [0.4, 0.5) is 0 Å². The van der Waals surface area contributed by atoms with Crippen LogP contribution in [-0.2, 0) is 11.2 Å². The molecule has 8 heteroatoms. The third-order valence-electron chi connectivity index (χ3n) is 7.30. The van der Waals surface area contributed by atoms with Gasteiger partial charge in [0.05, 0.1) is 11.1 Å². The highest BCUT2D eigenvalue weighted by atomic mass is 79.9. The highest BCUT2D eigenvalue weighted by Gasteiger charge is 2.47. The van der Waals surface area contributed by atoms with Crippen LogP contribution < -0.4 is 0 Å². The predicted molar refractivity (Wildman–Crippen MR) is 166 cm³/mol. The molecule has 0 aromatic heterocycles. The van der Waals surface area contributed by atoms with E-state index in [9.17, 15) is 30.0 Å². The van der Waals surface area contributed by atoms with Gasteiger partial charge in [0, 0.05) is 20.1 Å². The van der Waals surface area contributed by atoms with E-state index < -0.39 is 34.3 Å². The lowest BCUT2D eigenvalue weighted by molar-refractivity contribution is 0.0667. The standard InChI is InChI=1S/C34H24Br2O6/c35-29-25(31(37)38)27(33(41,21-13-5-1-6-14-21)22-15-7-2-8-16-22)30(36)28(26(29)32(39)40)34(42,23-17-9-3-10-18-23)24-19-11-4-12-20-24/h1-20,41-42H,(H,37,38)(H,39,40). The zero-order chi connectivity index (χ0) is 30.1. The molecule has 0 bridgehead atoms. The van der Waals surface area contributed by atoms with Gasteiger partial charge in [0.25, 0.3) is 0 Å². The fourth-order valence-electron chi connectivity index (χ4n) is 5.40. The summed E-state index contributed by atoms with van der Waals surface area (Å²) in [7, 11) is 0. The van der Waals surface area contributed by atoms with Crippen LogP contribution in [0.25, 0.3) is 0 Å². The van der Waals surface area contributed by atoms with Crippen LogP contribution >= 0.6 is 31.9 Å². The minimum atomic E-state index is -2.10. The van der Waals surface area contributed by atoms with Crippen molar-refractivity contribution in [2.45, 2.75) is 11.2 Å². The van der Waals surface area contributed by atoms with Crippen LogP contribution in [0.1, 0.15) is 54.1 Å². The van der Waals surface area contributed by atoms with Crippen molar-refractivity contribution in [3.8, 4) is 0 Å². The molecule has 210 valence electrons. The first-order valence-electron chi connectivity index (χ1n) is 12.8. The van der Waals surface area contributed by atoms with Crippen molar-refractivity contribution in [1.29, 1.82) is 0 Å². The van der Waals surface area contributed by atoms with E-state index >= 15 is 0 Å². The van der Waals surface area contributed by atoms with Gasteiger partial charge < -0.3 is 20.4 Å². The summed E-state index contributed by atoms with van der Waals surface area (Å²) in [4.78, 5) is 25.9. The number of carbonyl (C=O) groups is 2. The number of hydrogen-bond acceptors (Lipinski definition) is 4. The number of rotatable bonds is 8. The summed E-state index contributed by atoms with van der Waals surface area (Å²) < 4.78 is -0.378. The van der Waals surface area contributed by atoms with Gasteiger partial charge in [-0.1, -0.05) is 121 Å². The molecule has 5 aromatic carbocycles. The lowest BCUT2D eigenvalue weighted by Gasteiger charge is -2.38. The molecule has 0 aliphatic heterocycles. The Kier molecular flexibility index (Phi) is 8.17. The lowest BCUT2D eigenvalue weighted by atomic mass is 9.72. The number of carboxylic acid groups (broad SMARTS) is 2. The molecular weight excluding hydrogens is 664 g/mol. The number of hydrogen-bond donors (Lipinski definition) is 4. The summed E-state index contributed by atoms with van der Waals surface area (Å²) in [6.45, 7) is 0. The van der Waals surface area contributed by atoms with Crippen LogP contribution in [0, 0.1) is 0 Å². The minimum Gasteiger partial charge on any atom is -0.478 e. The lowest BCUT2D eigenvalue weighted by Crippen LogP contribution is -2.37. The predicted octanol–water partition coefficient (Wildman–Crippen LogP) is 7.18. The molecule has 0 unspecified atom stereocenters. The Labute approximate surface area is 258 Å². The van der Waals surface area contributed by atoms with E-state index in [0.717, 1.165) is 0 Å². The van der Waals surface area contributed by atoms with Gasteiger partial charge in [-0.05, 0) is 54.1 Å². The van der Waals surface area contributed by atoms with Crippen LogP contribution in [-0.4, -0.2) is 32.4 Å². The van der Waals surface area contributed by atoms with Gasteiger partial charge >= 0.3 is 11.9 Å². The average molecular weight is 688 g/mol. The number of carboxylic acids is 2. The highest BCUT2D eigenvalue weighted by Crippen LogP contribution is 2.51. The Morgan fingerprint density at radius 2 is 0.690 bits per heavy atom. The zero-order valence-corrected chi connectivity index (χ0v) is 25.1. The number of aromatic carboxylic acids is 2. The maximum Gasteiger partial charge on any atom is 0.337 e. The quantitative estimate of drug-likeness (QED) is 0.129. The van der Waals surface area contributed by atoms with Crippen molar-refractivity contribution < 1.29 is 30.0 Å². The third kappa shape index (κ3) is 4.76. The molecule has 0 atom stereocenters. The van der Waals surface area contributed by atoms with Crippen molar-refractivity contribution in [2.24, 2.45) is 0 Å². The van der Waals surface area contributed by atoms with Crippen LogP contribution in [0.2, 0.25) is 0 Å². The van der Waals surface area contributed by atoms with Crippen LogP contribution in [0.15, 0.2) is 130 Å². The molecule has 6 nitrogen and oxygen atoms in total. The molecule has 0 heterocycles. The van der Waals surface area contributed by atoms with E-state index in [1.165, 1.54) is 0 Å². The van der Waals surface area contributed by atoms with Gasteiger partial charge in [-0.2, -0.15) is 0 Å². The molecule has 4 N–H and O–H groups in total. The molecule has 5 aromatic rings. The van der Waals surface area contributed by atoms with E-state index in [1.54, 1.807) is 121 Å². The number of halogens is 2. The molecule has 0 amide bonds. The smallest absolute Gasteiger partial charge is 0.337 e. The van der Waals surface area contributed by atoms with Crippen molar-refractivity contribution >= 4 is 43.8 Å². The summed E-state index contributed by atoms with van der Waals surface area (Å²) in [5.41, 5.74) is -4.09. The Bertz CT molecular complexity index is 1550. The molecule has 0 radical (unpaired) electrons. The monoisotopic (exact) mass is 686 g/mol. The molecule has 0 saturated heterocycles. The maximum absolute atomic E-state index is 13.0. The molecule has 0 fully saturated rings. The molecule has 5 rings (SSSR count). The molecule has 0 aliphatic rings. The van der Waals surface area contributed by atoms with Crippen molar-refractivity contribution in [2.75, 3.05) is 0 Å². The first kappa shape index (κ1) is 29.4. The Morgan fingerprint density at radius 3 is 0.905 bits per heavy atom. The van der Waals surface area contributed by atoms with Gasteiger partial charge in [0.15, 0.2) is 0 Å². The van der Waals surface area contributed by atoms with Gasteiger partial charge in [-0.15, -0.1) is 0 Å². The van der Waals surface area contributed by atoms with E-state index in [4.69, 9.17) is 0 Å². The normalized spacial score (nSPS) is 11.7. The molecule has 0 aliphatic carbocycles. The molecular formula is C34H24Br2O6. The summed E-state index contributed by atoms with van der Waals surface area (Å²) in [5, 5.41) is 46.6. The molecule has 42 heavy (non-hydrogen) atoms. The van der Waals surface area contributed by atoms with Crippen LogP contribution in [0.3, 0.4) is 0 Å². The first-order valence-corrected chi connectivity index (χ1v) is 14.4. The summed E-state index contributed by atoms with van der Waals surface area (Å²) >= 11 is 6.84. The first-order chi connectivity index (χ1) is 20.1. The van der Waals surface area contributed by atoms with E-state index in [1.807, 2.05) is 0 Å². The van der Waals surface area contributed by atoms with E-state index in [0.29, 0.717) is 22.3 Å². The number of aliphatic hydroxyl groups is 2. The third-order valence-corrected chi connectivity index (χ3v) is 8.88. The zero-order valence-electron chi connectivity index (χ0n) is 21.9.